The van der Waals surface area contributed by atoms with Gasteiger partial charge in [0.2, 0.25) is 0 Å². The molecule has 0 saturated heterocycles. The third-order valence-corrected chi connectivity index (χ3v) is 10.3. The second-order valence-electron chi connectivity index (χ2n) is 13.8. The lowest BCUT2D eigenvalue weighted by atomic mass is 9.85. The Hall–Kier alpha value is -7.36. The Bertz CT molecular complexity index is 2940. The van der Waals surface area contributed by atoms with E-state index in [-0.39, 0.29) is 0 Å². The molecular weight excluding hydrogens is 669 g/mol. The van der Waals surface area contributed by atoms with Crippen LogP contribution in [0.15, 0.2) is 211 Å². The Morgan fingerprint density at radius 2 is 0.782 bits per heavy atom. The van der Waals surface area contributed by atoms with Gasteiger partial charge in [-0.1, -0.05) is 170 Å². The molecule has 0 aliphatic heterocycles. The fourth-order valence-electron chi connectivity index (χ4n) is 7.59. The number of rotatable bonds is 7. The molecule has 0 atom stereocenters. The SMILES string of the molecule is c1ccc(-c2ccc(-c3nc(-c4ccccc4)cc(-c4cc(-c5ccccc5)cc(-c5ccc6c(c5)oc5ccccc56)c4-c4ccccc4)n3)cc2)cc1. The molecule has 10 rings (SSSR count). The number of nitrogens with zero attached hydrogens (tertiary/aromatic N) is 2. The quantitative estimate of drug-likeness (QED) is 0.166. The summed E-state index contributed by atoms with van der Waals surface area (Å²) in [6.07, 6.45) is 0. The van der Waals surface area contributed by atoms with Crippen LogP contribution in [0.2, 0.25) is 0 Å². The van der Waals surface area contributed by atoms with Gasteiger partial charge in [0, 0.05) is 27.5 Å². The second kappa shape index (κ2) is 13.9. The van der Waals surface area contributed by atoms with Crippen LogP contribution in [-0.4, -0.2) is 9.97 Å². The van der Waals surface area contributed by atoms with Crippen molar-refractivity contribution in [1.29, 1.82) is 0 Å². The van der Waals surface area contributed by atoms with Crippen LogP contribution in [0, 0.1) is 0 Å². The molecule has 0 saturated carbocycles. The molecule has 8 aromatic carbocycles. The summed E-state index contributed by atoms with van der Waals surface area (Å²) in [4.78, 5) is 10.6. The van der Waals surface area contributed by atoms with E-state index in [1.54, 1.807) is 0 Å². The number of hydrogen-bond donors (Lipinski definition) is 0. The molecule has 0 aliphatic rings. The van der Waals surface area contributed by atoms with Gasteiger partial charge in [0.25, 0.3) is 0 Å². The molecule has 3 nitrogen and oxygen atoms in total. The highest BCUT2D eigenvalue weighted by Crippen LogP contribution is 2.45. The molecule has 3 heteroatoms. The molecule has 0 spiro atoms. The van der Waals surface area contributed by atoms with Crippen LogP contribution in [0.1, 0.15) is 0 Å². The summed E-state index contributed by atoms with van der Waals surface area (Å²) in [5.74, 6) is 0.672. The van der Waals surface area contributed by atoms with Gasteiger partial charge in [0.05, 0.1) is 11.4 Å². The molecule has 0 bridgehead atoms. The highest BCUT2D eigenvalue weighted by atomic mass is 16.3. The van der Waals surface area contributed by atoms with Crippen molar-refractivity contribution in [3.8, 4) is 78.4 Å². The third kappa shape index (κ3) is 6.18. The first-order chi connectivity index (χ1) is 27.2. The molecule has 0 aliphatic carbocycles. The van der Waals surface area contributed by atoms with Crippen molar-refractivity contribution in [3.63, 3.8) is 0 Å². The maximum absolute atomic E-state index is 6.44. The van der Waals surface area contributed by atoms with E-state index < -0.39 is 0 Å². The fraction of sp³-hybridized carbons (Fsp3) is 0. The van der Waals surface area contributed by atoms with Gasteiger partial charge in [-0.25, -0.2) is 9.97 Å². The molecule has 0 N–H and O–H groups in total. The molecule has 2 aromatic heterocycles. The van der Waals surface area contributed by atoms with Crippen molar-refractivity contribution in [1.82, 2.24) is 9.97 Å². The summed E-state index contributed by atoms with van der Waals surface area (Å²) in [7, 11) is 0. The first-order valence-electron chi connectivity index (χ1n) is 18.6. The lowest BCUT2D eigenvalue weighted by Crippen LogP contribution is -1.99. The molecule has 55 heavy (non-hydrogen) atoms. The highest BCUT2D eigenvalue weighted by Gasteiger charge is 2.21. The fourth-order valence-corrected chi connectivity index (χ4v) is 7.59. The Morgan fingerprint density at radius 1 is 0.291 bits per heavy atom. The molecule has 0 amide bonds. The second-order valence-corrected chi connectivity index (χ2v) is 13.8. The molecule has 0 radical (unpaired) electrons. The lowest BCUT2D eigenvalue weighted by Gasteiger charge is -2.19. The predicted octanol–water partition coefficient (Wildman–Crippen LogP) is 14.0. The van der Waals surface area contributed by atoms with Gasteiger partial charge in [0.1, 0.15) is 11.2 Å². The average molecular weight is 703 g/mol. The van der Waals surface area contributed by atoms with E-state index >= 15 is 0 Å². The zero-order valence-corrected chi connectivity index (χ0v) is 29.9. The smallest absolute Gasteiger partial charge is 0.160 e. The summed E-state index contributed by atoms with van der Waals surface area (Å²) in [6.45, 7) is 0. The van der Waals surface area contributed by atoms with Crippen LogP contribution in [0.3, 0.4) is 0 Å². The molecular formula is C52H34N2O. The first kappa shape index (κ1) is 32.3. The minimum Gasteiger partial charge on any atom is -0.456 e. The number of fused-ring (bicyclic) bond motifs is 3. The molecule has 2 heterocycles. The Balaban J connectivity index is 1.24. The monoisotopic (exact) mass is 702 g/mol. The van der Waals surface area contributed by atoms with Gasteiger partial charge in [-0.05, 0) is 80.9 Å². The largest absolute Gasteiger partial charge is 0.456 e. The first-order valence-corrected chi connectivity index (χ1v) is 18.6. The zero-order valence-electron chi connectivity index (χ0n) is 29.9. The topological polar surface area (TPSA) is 38.9 Å². The van der Waals surface area contributed by atoms with Gasteiger partial charge >= 0.3 is 0 Å². The number of para-hydroxylation sites is 1. The molecule has 0 unspecified atom stereocenters. The Morgan fingerprint density at radius 3 is 1.47 bits per heavy atom. The molecule has 258 valence electrons. The van der Waals surface area contributed by atoms with Crippen molar-refractivity contribution >= 4 is 21.9 Å². The summed E-state index contributed by atoms with van der Waals surface area (Å²) in [5, 5.41) is 2.22. The van der Waals surface area contributed by atoms with E-state index in [1.165, 1.54) is 5.56 Å². The predicted molar refractivity (Wildman–Crippen MR) is 227 cm³/mol. The summed E-state index contributed by atoms with van der Waals surface area (Å²) >= 11 is 0. The van der Waals surface area contributed by atoms with E-state index in [2.05, 4.69) is 182 Å². The number of furan rings is 1. The maximum Gasteiger partial charge on any atom is 0.160 e. The summed E-state index contributed by atoms with van der Waals surface area (Å²) < 4.78 is 6.44. The van der Waals surface area contributed by atoms with Crippen molar-refractivity contribution in [2.75, 3.05) is 0 Å². The van der Waals surface area contributed by atoms with Gasteiger partial charge in [-0.2, -0.15) is 0 Å². The normalized spacial score (nSPS) is 11.3. The lowest BCUT2D eigenvalue weighted by molar-refractivity contribution is 0.669. The van der Waals surface area contributed by atoms with E-state index in [0.717, 1.165) is 89.0 Å². The van der Waals surface area contributed by atoms with Crippen molar-refractivity contribution in [2.45, 2.75) is 0 Å². The van der Waals surface area contributed by atoms with Crippen LogP contribution in [0.25, 0.3) is 100 Å². The summed E-state index contributed by atoms with van der Waals surface area (Å²) in [5.41, 5.74) is 15.4. The highest BCUT2D eigenvalue weighted by molar-refractivity contribution is 6.07. The minimum absolute atomic E-state index is 0.672. The van der Waals surface area contributed by atoms with Crippen LogP contribution in [-0.2, 0) is 0 Å². The average Bonchev–Trinajstić information content (AvgIpc) is 3.65. The summed E-state index contributed by atoms with van der Waals surface area (Å²) in [6, 6.07) is 72.2. The Labute approximate surface area is 319 Å². The minimum atomic E-state index is 0.672. The zero-order chi connectivity index (χ0) is 36.6. The van der Waals surface area contributed by atoms with E-state index in [1.807, 2.05) is 24.3 Å². The van der Waals surface area contributed by atoms with Crippen molar-refractivity contribution < 1.29 is 4.42 Å². The number of benzene rings is 8. The van der Waals surface area contributed by atoms with Crippen LogP contribution in [0.5, 0.6) is 0 Å². The van der Waals surface area contributed by atoms with Gasteiger partial charge in [0.15, 0.2) is 5.82 Å². The number of aromatic nitrogens is 2. The number of hydrogen-bond acceptors (Lipinski definition) is 3. The maximum atomic E-state index is 6.44. The van der Waals surface area contributed by atoms with Crippen LogP contribution < -0.4 is 0 Å². The molecule has 10 aromatic rings. The van der Waals surface area contributed by atoms with Crippen LogP contribution in [0.4, 0.5) is 0 Å². The van der Waals surface area contributed by atoms with Gasteiger partial charge in [-0.3, -0.25) is 0 Å². The standard InChI is InChI=1S/C52H34N2O/c1-5-15-35(16-6-1)37-25-27-40(28-26-37)52-53-47(38-19-9-3-10-20-38)34-48(54-52)46-32-42(36-17-7-2-8-18-36)31-45(51(46)39-21-11-4-12-22-39)41-29-30-44-43-23-13-14-24-49(43)55-50(44)33-41/h1-34H. The van der Waals surface area contributed by atoms with Gasteiger partial charge in [-0.15, -0.1) is 0 Å². The molecule has 0 fully saturated rings. The van der Waals surface area contributed by atoms with Gasteiger partial charge < -0.3 is 4.42 Å². The van der Waals surface area contributed by atoms with E-state index in [9.17, 15) is 0 Å². The third-order valence-electron chi connectivity index (χ3n) is 10.3. The van der Waals surface area contributed by atoms with Crippen LogP contribution >= 0.6 is 0 Å². The van der Waals surface area contributed by atoms with E-state index in [0.29, 0.717) is 5.82 Å². The van der Waals surface area contributed by atoms with Crippen molar-refractivity contribution in [2.24, 2.45) is 0 Å². The Kier molecular flexibility index (Phi) is 8.16. The van der Waals surface area contributed by atoms with Crippen molar-refractivity contribution in [3.05, 3.63) is 206 Å². The van der Waals surface area contributed by atoms with E-state index in [4.69, 9.17) is 14.4 Å².